The molecule has 0 amide bonds. The minimum atomic E-state index is -1.89. The maximum atomic E-state index is 14.4. The van der Waals surface area contributed by atoms with Crippen molar-refractivity contribution >= 4 is 11.6 Å². The largest absolute Gasteiger partial charge is 0.507 e. The lowest BCUT2D eigenvalue weighted by Crippen LogP contribution is -2.58. The number of phenolic OH excluding ortho intramolecular Hbond substituents is 3. The number of fused-ring (bicyclic) bond motifs is 3. The number of ketones is 2. The van der Waals surface area contributed by atoms with E-state index in [1.165, 1.54) is 18.2 Å². The Morgan fingerprint density at radius 2 is 1.07 bits per heavy atom. The molecule has 0 aromatic heterocycles. The molecular formula is C54H78N2O20. The number of phenols is 3. The van der Waals surface area contributed by atoms with Crippen LogP contribution in [0, 0.1) is 0 Å². The average Bonchev–Trinajstić information content (AvgIpc) is 3.35. The maximum Gasteiger partial charge on any atom is 0.202 e. The molecule has 2 aromatic rings. The molecule has 8 N–H and O–H groups in total. The second-order valence-electron chi connectivity index (χ2n) is 22.4. The Kier molecular flexibility index (Phi) is 17.0. The molecule has 0 unspecified atom stereocenters. The number of aliphatic hydroxyl groups is 5. The van der Waals surface area contributed by atoms with E-state index in [2.05, 4.69) is 0 Å². The van der Waals surface area contributed by atoms with Crippen molar-refractivity contribution in [3.8, 4) is 17.2 Å². The molecule has 5 saturated heterocycles. The first-order chi connectivity index (χ1) is 35.9. The summed E-state index contributed by atoms with van der Waals surface area (Å²) in [6.07, 6.45) is -14.9. The highest BCUT2D eigenvalue weighted by atomic mass is 16.7. The molecule has 76 heavy (non-hydrogen) atoms. The molecule has 5 aliphatic heterocycles. The Morgan fingerprint density at radius 3 is 1.62 bits per heavy atom. The normalized spacial score (nSPS) is 41.9. The minimum Gasteiger partial charge on any atom is -0.507 e. The van der Waals surface area contributed by atoms with Crippen molar-refractivity contribution < 1.29 is 97.8 Å². The molecular weight excluding hydrogens is 997 g/mol. The predicted molar refractivity (Wildman–Crippen MR) is 265 cm³/mol. The van der Waals surface area contributed by atoms with Gasteiger partial charge in [-0.3, -0.25) is 9.59 Å². The van der Waals surface area contributed by atoms with E-state index in [0.717, 1.165) is 0 Å². The monoisotopic (exact) mass is 1070 g/mol. The van der Waals surface area contributed by atoms with E-state index < -0.39 is 175 Å². The van der Waals surface area contributed by atoms with Crippen molar-refractivity contribution in [3.63, 3.8) is 0 Å². The highest BCUT2D eigenvalue weighted by Gasteiger charge is 2.55. The van der Waals surface area contributed by atoms with Crippen molar-refractivity contribution in [2.45, 2.75) is 227 Å². The lowest BCUT2D eigenvalue weighted by Gasteiger charge is -2.50. The fraction of sp³-hybridized carbons (Fsp3) is 0.741. The summed E-state index contributed by atoms with van der Waals surface area (Å²) in [6, 6.07) is 3.16. The molecule has 9 rings (SSSR count). The molecule has 5 fully saturated rings. The summed E-state index contributed by atoms with van der Waals surface area (Å²) in [7, 11) is 7.42. The van der Waals surface area contributed by atoms with E-state index >= 15 is 0 Å². The van der Waals surface area contributed by atoms with Crippen LogP contribution in [0.5, 0.6) is 17.2 Å². The van der Waals surface area contributed by atoms with Gasteiger partial charge in [0.2, 0.25) is 5.78 Å². The molecule has 5 heterocycles. The van der Waals surface area contributed by atoms with Gasteiger partial charge in [0.25, 0.3) is 0 Å². The molecule has 22 atom stereocenters. The number of hydrogen-bond donors (Lipinski definition) is 8. The summed E-state index contributed by atoms with van der Waals surface area (Å²) < 4.78 is 63.9. The molecule has 0 bridgehead atoms. The van der Waals surface area contributed by atoms with Crippen molar-refractivity contribution in [3.05, 3.63) is 51.6 Å². The van der Waals surface area contributed by atoms with E-state index in [9.17, 15) is 50.4 Å². The van der Waals surface area contributed by atoms with Crippen LogP contribution in [0.2, 0.25) is 0 Å². The highest BCUT2D eigenvalue weighted by Crippen LogP contribution is 2.58. The van der Waals surface area contributed by atoms with Gasteiger partial charge in [0, 0.05) is 67.3 Å². The van der Waals surface area contributed by atoms with E-state index in [1.54, 1.807) is 41.5 Å². The lowest BCUT2D eigenvalue weighted by atomic mass is 9.70. The average molecular weight is 1080 g/mol. The molecule has 0 radical (unpaired) electrons. The van der Waals surface area contributed by atoms with Gasteiger partial charge in [-0.15, -0.1) is 0 Å². The second kappa shape index (κ2) is 22.6. The molecule has 2 aliphatic carbocycles. The summed E-state index contributed by atoms with van der Waals surface area (Å²) >= 11 is 0. The molecule has 0 spiro atoms. The number of carbonyl (C=O) groups excluding carboxylic acids is 2. The Morgan fingerprint density at radius 1 is 0.566 bits per heavy atom. The van der Waals surface area contributed by atoms with E-state index in [-0.39, 0.29) is 60.8 Å². The topological polar surface area (TPSA) is 295 Å². The van der Waals surface area contributed by atoms with Gasteiger partial charge >= 0.3 is 0 Å². The summed E-state index contributed by atoms with van der Waals surface area (Å²) in [5.74, 6) is -3.70. The van der Waals surface area contributed by atoms with Crippen LogP contribution in [0.15, 0.2) is 18.2 Å². The van der Waals surface area contributed by atoms with Crippen LogP contribution in [0.1, 0.15) is 148 Å². The fourth-order valence-corrected chi connectivity index (χ4v) is 12.4. The summed E-state index contributed by atoms with van der Waals surface area (Å²) in [6.45, 7) is 10.5. The van der Waals surface area contributed by atoms with Crippen LogP contribution >= 0.6 is 0 Å². The molecule has 22 nitrogen and oxygen atoms in total. The molecule has 2 aromatic carbocycles. The number of carbonyl (C=O) groups is 2. The van der Waals surface area contributed by atoms with Crippen LogP contribution in [-0.4, -0.2) is 213 Å². The van der Waals surface area contributed by atoms with E-state index in [0.29, 0.717) is 12.8 Å². The van der Waals surface area contributed by atoms with Gasteiger partial charge in [0.1, 0.15) is 47.8 Å². The molecule has 22 heteroatoms. The van der Waals surface area contributed by atoms with Crippen molar-refractivity contribution in [2.75, 3.05) is 28.2 Å². The number of rotatable bonds is 13. The highest BCUT2D eigenvalue weighted by molar-refractivity contribution is 6.31. The molecule has 0 saturated carbocycles. The van der Waals surface area contributed by atoms with Crippen LogP contribution < -0.4 is 0 Å². The predicted octanol–water partition coefficient (Wildman–Crippen LogP) is 2.76. The van der Waals surface area contributed by atoms with E-state index in [1.807, 2.05) is 38.0 Å². The smallest absolute Gasteiger partial charge is 0.202 e. The van der Waals surface area contributed by atoms with Crippen molar-refractivity contribution in [2.24, 2.45) is 0 Å². The number of ether oxygens (including phenoxy) is 10. The van der Waals surface area contributed by atoms with Crippen molar-refractivity contribution in [1.82, 2.24) is 9.80 Å². The Balaban J connectivity index is 0.997. The van der Waals surface area contributed by atoms with Crippen LogP contribution in [0.4, 0.5) is 0 Å². The van der Waals surface area contributed by atoms with E-state index in [4.69, 9.17) is 47.4 Å². The first-order valence-corrected chi connectivity index (χ1v) is 26.8. The SMILES string of the molecule is CC[C@@]1(O)C[C@H](O[C@H]2C[C@H](N(C)C)[C@H](O[C@H]3C[C@H](O)[C@H](O[C@H]4CC[C@H](O)[C@H](C)O4)[C@H](C)O3)[C@H](C)O2)c2c(O)c3c(c(O)c2[C@H]1O[C@H]1C[C@H](N(C)C)[C@H](O[C@H]2C[C@H](O)[C@H](O)[C@H](C)O2)[C@H](C)O1)C(=O)c1cccc(O)c1C3=O. The lowest BCUT2D eigenvalue weighted by molar-refractivity contribution is -0.330. The zero-order chi connectivity index (χ0) is 55.0. The number of benzene rings is 2. The minimum absolute atomic E-state index is 0.0000129. The van der Waals surface area contributed by atoms with Crippen LogP contribution in [-0.2, 0) is 47.4 Å². The Bertz CT molecular complexity index is 2400. The number of nitrogens with zero attached hydrogens (tertiary/aromatic N) is 2. The fourth-order valence-electron chi connectivity index (χ4n) is 12.4. The zero-order valence-corrected chi connectivity index (χ0v) is 44.9. The Labute approximate surface area is 442 Å². The van der Waals surface area contributed by atoms with Crippen molar-refractivity contribution in [1.29, 1.82) is 0 Å². The van der Waals surface area contributed by atoms with Gasteiger partial charge in [0.15, 0.2) is 37.2 Å². The zero-order valence-electron chi connectivity index (χ0n) is 44.9. The number of aromatic hydroxyl groups is 3. The standard InChI is InChI=1S/C54H78N2O20/c1-11-54(66)21-34(72-36-17-28(55(7)8)50(24(4)69-36)75-39-20-33(60)52(26(6)71-39)73-35-16-15-30(57)22(2)67-35)41-44(49(65)42-43(48(41)64)47(63)40-27(46(42)62)13-12-14-31(40)58)53(54)76-37-18-29(56(9)10)51(25(5)70-37)74-38-19-32(59)45(61)23(3)68-38/h12-14,22-26,28-30,32-39,45,50-53,57-61,64-66H,11,15-21H2,1-10H3/t22-,23-,24-,25-,26-,28-,29-,30-,32-,33-,34-,35-,36-,37-,38-,39-,45+,50+,51+,52+,53+,54+/m0/s1. The van der Waals surface area contributed by atoms with Gasteiger partial charge in [0.05, 0.1) is 77.2 Å². The third-order valence-electron chi connectivity index (χ3n) is 16.8. The van der Waals surface area contributed by atoms with Crippen LogP contribution in [0.3, 0.4) is 0 Å². The van der Waals surface area contributed by atoms with Gasteiger partial charge in [-0.25, -0.2) is 0 Å². The first-order valence-electron chi connectivity index (χ1n) is 26.8. The maximum absolute atomic E-state index is 14.4. The third kappa shape index (κ3) is 10.8. The van der Waals surface area contributed by atoms with Gasteiger partial charge in [-0.1, -0.05) is 19.1 Å². The summed E-state index contributed by atoms with van der Waals surface area (Å²) in [5.41, 5.74) is -3.85. The Hall–Kier alpha value is -3.50. The number of likely N-dealkylation sites (N-methyl/N-ethyl adjacent to an activating group) is 2. The number of hydrogen-bond acceptors (Lipinski definition) is 22. The quantitative estimate of drug-likeness (QED) is 0.114. The molecule has 424 valence electrons. The summed E-state index contributed by atoms with van der Waals surface area (Å²) in [4.78, 5) is 32.7. The second-order valence-corrected chi connectivity index (χ2v) is 22.4. The third-order valence-corrected chi connectivity index (χ3v) is 16.8. The first kappa shape index (κ1) is 57.2. The summed E-state index contributed by atoms with van der Waals surface area (Å²) in [5, 5.41) is 91.3. The van der Waals surface area contributed by atoms with Gasteiger partial charge < -0.3 is 98.0 Å². The number of aliphatic hydroxyl groups excluding tert-OH is 4. The molecule has 7 aliphatic rings. The van der Waals surface area contributed by atoms with Gasteiger partial charge in [-0.05, 0) is 81.7 Å². The van der Waals surface area contributed by atoms with Crippen LogP contribution in [0.25, 0.3) is 0 Å². The van der Waals surface area contributed by atoms with Gasteiger partial charge in [-0.2, -0.15) is 0 Å².